The summed E-state index contributed by atoms with van der Waals surface area (Å²) in [4.78, 5) is 12.3. The van der Waals surface area contributed by atoms with Crippen LogP contribution in [0.5, 0.6) is 0 Å². The van der Waals surface area contributed by atoms with Gasteiger partial charge in [-0.05, 0) is 56.3 Å². The van der Waals surface area contributed by atoms with Crippen molar-refractivity contribution in [2.75, 3.05) is 6.61 Å². The fourth-order valence-corrected chi connectivity index (χ4v) is 5.30. The Balaban J connectivity index is 1.64. The van der Waals surface area contributed by atoms with E-state index in [1.807, 2.05) is 0 Å². The van der Waals surface area contributed by atoms with Crippen LogP contribution in [0.2, 0.25) is 0 Å². The molecular weight excluding hydrogens is 337 g/mol. The monoisotopic (exact) mass is 355 g/mol. The average Bonchev–Trinajstić information content (AvgIpc) is 2.41. The van der Waals surface area contributed by atoms with Gasteiger partial charge in [0.25, 0.3) is 0 Å². The van der Waals surface area contributed by atoms with Crippen LogP contribution in [0.3, 0.4) is 0 Å². The summed E-state index contributed by atoms with van der Waals surface area (Å²) >= 11 is 0. The van der Waals surface area contributed by atoms with Gasteiger partial charge in [-0.3, -0.25) is 4.79 Å². The number of rotatable bonds is 5. The van der Waals surface area contributed by atoms with Crippen molar-refractivity contribution >= 4 is 16.1 Å². The van der Waals surface area contributed by atoms with E-state index in [1.165, 1.54) is 0 Å². The maximum Gasteiger partial charge on any atom is 0.368 e. The van der Waals surface area contributed by atoms with Gasteiger partial charge >= 0.3 is 11.2 Å². The minimum Gasteiger partial charge on any atom is -0.743 e. The molecule has 0 aromatic carbocycles. The van der Waals surface area contributed by atoms with Crippen LogP contribution in [0.25, 0.3) is 0 Å². The molecule has 4 aliphatic carbocycles. The first-order valence-corrected chi connectivity index (χ1v) is 9.09. The number of ether oxygens (including phenoxy) is 1. The Hall–Kier alpha value is -0.830. The summed E-state index contributed by atoms with van der Waals surface area (Å²) in [5, 5.41) is -5.10. The molecule has 9 heteroatoms. The van der Waals surface area contributed by atoms with Crippen molar-refractivity contribution in [3.63, 3.8) is 0 Å². The lowest BCUT2D eigenvalue weighted by atomic mass is 9.49. The molecule has 4 aliphatic rings. The van der Waals surface area contributed by atoms with Crippen LogP contribution in [-0.4, -0.2) is 37.0 Å². The van der Waals surface area contributed by atoms with E-state index in [0.29, 0.717) is 37.0 Å². The zero-order valence-corrected chi connectivity index (χ0v) is 13.2. The maximum absolute atomic E-state index is 13.4. The van der Waals surface area contributed by atoms with Gasteiger partial charge in [-0.25, -0.2) is 12.8 Å². The first kappa shape index (κ1) is 17.0. The third-order valence-corrected chi connectivity index (χ3v) is 6.45. The lowest BCUT2D eigenvalue weighted by Gasteiger charge is -2.55. The molecule has 0 aliphatic heterocycles. The molecule has 0 radical (unpaired) electrons. The summed E-state index contributed by atoms with van der Waals surface area (Å²) in [6, 6.07) is 0. The van der Waals surface area contributed by atoms with Gasteiger partial charge in [0.1, 0.15) is 6.61 Å². The van der Waals surface area contributed by atoms with E-state index in [9.17, 15) is 30.9 Å². The number of hydrogen-bond acceptors (Lipinski definition) is 5. The highest BCUT2D eigenvalue weighted by atomic mass is 32.2. The van der Waals surface area contributed by atoms with Gasteiger partial charge in [0.05, 0.1) is 5.41 Å². The molecule has 0 saturated heterocycles. The molecule has 0 aromatic rings. The quantitative estimate of drug-likeness (QED) is 0.558. The van der Waals surface area contributed by atoms with E-state index in [1.54, 1.807) is 0 Å². The molecule has 0 spiro atoms. The molecule has 0 aromatic heterocycles. The fraction of sp³-hybridized carbons (Fsp3) is 0.929. The summed E-state index contributed by atoms with van der Waals surface area (Å²) in [6.45, 7) is -1.42. The van der Waals surface area contributed by atoms with Crippen molar-refractivity contribution in [3.8, 4) is 0 Å². The second-order valence-electron chi connectivity index (χ2n) is 7.28. The highest BCUT2D eigenvalue weighted by molar-refractivity contribution is 7.86. The first-order valence-electron chi connectivity index (χ1n) is 7.68. The van der Waals surface area contributed by atoms with Gasteiger partial charge in [0, 0.05) is 0 Å². The summed E-state index contributed by atoms with van der Waals surface area (Å²) < 4.78 is 75.3. The topological polar surface area (TPSA) is 83.5 Å². The summed E-state index contributed by atoms with van der Waals surface area (Å²) in [5.74, 6) is 0.508. The molecule has 4 bridgehead atoms. The zero-order valence-electron chi connectivity index (χ0n) is 12.3. The predicted octanol–water partition coefficient (Wildman–Crippen LogP) is 2.22. The largest absolute Gasteiger partial charge is 0.743 e. The first-order chi connectivity index (χ1) is 10.5. The molecule has 1 atom stereocenters. The standard InChI is InChI=1S/C14H19F3O5S/c15-11(14(16,17)23(19,20)21)7-22-12(18)13-4-8-1-9(5-13)3-10(2-8)6-13/h8-11H,1-7H2,(H,19,20,21)/p-1. The van der Waals surface area contributed by atoms with Crippen LogP contribution in [-0.2, 0) is 19.6 Å². The molecule has 0 amide bonds. The van der Waals surface area contributed by atoms with Crippen molar-refractivity contribution in [2.45, 2.75) is 50.0 Å². The van der Waals surface area contributed by atoms with Crippen LogP contribution in [0.1, 0.15) is 38.5 Å². The molecule has 0 N–H and O–H groups in total. The van der Waals surface area contributed by atoms with Crippen LogP contribution < -0.4 is 0 Å². The maximum atomic E-state index is 13.4. The normalized spacial score (nSPS) is 37.7. The second kappa shape index (κ2) is 5.34. The number of esters is 1. The second-order valence-corrected chi connectivity index (χ2v) is 8.73. The van der Waals surface area contributed by atoms with E-state index >= 15 is 0 Å². The molecule has 4 saturated carbocycles. The van der Waals surface area contributed by atoms with E-state index in [4.69, 9.17) is 0 Å². The highest BCUT2D eigenvalue weighted by Crippen LogP contribution is 2.60. The van der Waals surface area contributed by atoms with Crippen molar-refractivity contribution in [2.24, 2.45) is 23.2 Å². The number of halogens is 3. The average molecular weight is 355 g/mol. The van der Waals surface area contributed by atoms with Gasteiger partial charge in [-0.1, -0.05) is 0 Å². The van der Waals surface area contributed by atoms with Crippen molar-refractivity contribution in [1.29, 1.82) is 0 Å². The van der Waals surface area contributed by atoms with Gasteiger partial charge in [0.2, 0.25) is 6.17 Å². The smallest absolute Gasteiger partial charge is 0.368 e. The molecular formula is C14H18F3O5S-. The predicted molar refractivity (Wildman–Crippen MR) is 71.1 cm³/mol. The molecule has 1 unspecified atom stereocenters. The van der Waals surface area contributed by atoms with Crippen LogP contribution in [0, 0.1) is 23.2 Å². The Morgan fingerprint density at radius 3 is 2.00 bits per heavy atom. The Labute approximate surface area is 132 Å². The SMILES string of the molecule is O=C(OCC(F)C(F)(F)S(=O)(=O)[O-])C12CC3CC(CC(C3)C1)C2. The fourth-order valence-electron chi connectivity index (χ4n) is 4.92. The summed E-state index contributed by atoms with van der Waals surface area (Å²) in [6.07, 6.45) is 1.67. The summed E-state index contributed by atoms with van der Waals surface area (Å²) in [7, 11) is -6.14. The Morgan fingerprint density at radius 2 is 1.61 bits per heavy atom. The van der Waals surface area contributed by atoms with E-state index in [-0.39, 0.29) is 0 Å². The lowest BCUT2D eigenvalue weighted by Crippen LogP contribution is -2.51. The minimum absolute atomic E-state index is 0.415. The van der Waals surface area contributed by atoms with Crippen LogP contribution >= 0.6 is 0 Å². The van der Waals surface area contributed by atoms with Crippen molar-refractivity contribution in [1.82, 2.24) is 0 Å². The van der Waals surface area contributed by atoms with E-state index in [0.717, 1.165) is 19.3 Å². The lowest BCUT2D eigenvalue weighted by molar-refractivity contribution is -0.175. The molecule has 5 nitrogen and oxygen atoms in total. The zero-order chi connectivity index (χ0) is 17.0. The summed E-state index contributed by atoms with van der Waals surface area (Å²) in [5.41, 5.74) is -0.750. The Bertz CT molecular complexity index is 568. The molecule has 4 fully saturated rings. The number of carbonyl (C=O) groups excluding carboxylic acids is 1. The number of carbonyl (C=O) groups is 1. The number of alkyl halides is 3. The number of hydrogen-bond donors (Lipinski definition) is 0. The van der Waals surface area contributed by atoms with Gasteiger partial charge in [-0.15, -0.1) is 0 Å². The third kappa shape index (κ3) is 2.86. The van der Waals surface area contributed by atoms with Gasteiger partial charge in [-0.2, -0.15) is 8.78 Å². The van der Waals surface area contributed by atoms with Crippen LogP contribution in [0.4, 0.5) is 13.2 Å². The third-order valence-electron chi connectivity index (χ3n) is 5.53. The van der Waals surface area contributed by atoms with E-state index in [2.05, 4.69) is 4.74 Å². The minimum atomic E-state index is -6.14. The highest BCUT2D eigenvalue weighted by Gasteiger charge is 2.56. The Kier molecular flexibility index (Phi) is 3.95. The molecule has 132 valence electrons. The van der Waals surface area contributed by atoms with Crippen molar-refractivity contribution in [3.05, 3.63) is 0 Å². The molecule has 0 heterocycles. The molecule has 4 rings (SSSR count). The van der Waals surface area contributed by atoms with Crippen molar-refractivity contribution < 1.29 is 35.7 Å². The van der Waals surface area contributed by atoms with Gasteiger partial charge in [0.15, 0.2) is 10.1 Å². The van der Waals surface area contributed by atoms with Gasteiger partial charge < -0.3 is 9.29 Å². The van der Waals surface area contributed by atoms with Crippen LogP contribution in [0.15, 0.2) is 0 Å². The Morgan fingerprint density at radius 1 is 1.17 bits per heavy atom. The molecule has 23 heavy (non-hydrogen) atoms. The van der Waals surface area contributed by atoms with E-state index < -0.39 is 39.5 Å².